The van der Waals surface area contributed by atoms with Crippen molar-refractivity contribution >= 4 is 5.78 Å². The van der Waals surface area contributed by atoms with E-state index in [1.165, 1.54) is 19.8 Å². The van der Waals surface area contributed by atoms with Gasteiger partial charge in [0.2, 0.25) is 5.89 Å². The van der Waals surface area contributed by atoms with Crippen LogP contribution < -0.4 is 0 Å². The highest BCUT2D eigenvalue weighted by molar-refractivity contribution is 5.77. The van der Waals surface area contributed by atoms with Crippen LogP contribution in [0.4, 0.5) is 0 Å². The molecule has 1 aliphatic rings. The van der Waals surface area contributed by atoms with Crippen molar-refractivity contribution in [2.75, 3.05) is 13.1 Å². The van der Waals surface area contributed by atoms with Gasteiger partial charge in [-0.1, -0.05) is 18.5 Å². The summed E-state index contributed by atoms with van der Waals surface area (Å²) < 4.78 is 5.28. The molecule has 2 heterocycles. The van der Waals surface area contributed by atoms with Crippen molar-refractivity contribution in [2.24, 2.45) is 0 Å². The summed E-state index contributed by atoms with van der Waals surface area (Å²) in [6.45, 7) is 5.76. The van der Waals surface area contributed by atoms with Crippen LogP contribution in [0.3, 0.4) is 0 Å². The second kappa shape index (κ2) is 5.40. The lowest BCUT2D eigenvalue weighted by atomic mass is 10.0. The van der Waals surface area contributed by atoms with E-state index in [1.54, 1.807) is 0 Å². The molecule has 1 aromatic rings. The van der Waals surface area contributed by atoms with Gasteiger partial charge in [-0.25, -0.2) is 0 Å². The second-order valence-electron chi connectivity index (χ2n) is 4.57. The van der Waals surface area contributed by atoms with Crippen LogP contribution in [0, 0.1) is 0 Å². The molecule has 0 aliphatic carbocycles. The minimum Gasteiger partial charge on any atom is -0.338 e. The predicted octanol–water partition coefficient (Wildman–Crippen LogP) is 1.75. The summed E-state index contributed by atoms with van der Waals surface area (Å²) in [6, 6.07) is 0.238. The number of hydrogen-bond acceptors (Lipinski definition) is 5. The van der Waals surface area contributed by atoms with Crippen LogP contribution in [0.15, 0.2) is 4.52 Å². The number of rotatable bonds is 4. The number of hydrogen-bond donors (Lipinski definition) is 0. The van der Waals surface area contributed by atoms with Crippen molar-refractivity contribution in [3.8, 4) is 0 Å². The SMILES string of the molecule is CCN1CCCCC1c1nc(CC(C)=O)no1. The molecule has 94 valence electrons. The van der Waals surface area contributed by atoms with E-state index in [0.717, 1.165) is 19.5 Å². The lowest BCUT2D eigenvalue weighted by molar-refractivity contribution is -0.116. The number of likely N-dealkylation sites (tertiary alicyclic amines) is 1. The van der Waals surface area contributed by atoms with Crippen LogP contribution in [0.2, 0.25) is 0 Å². The van der Waals surface area contributed by atoms with Crippen LogP contribution >= 0.6 is 0 Å². The van der Waals surface area contributed by atoms with E-state index in [-0.39, 0.29) is 18.2 Å². The van der Waals surface area contributed by atoms with Gasteiger partial charge in [0, 0.05) is 0 Å². The zero-order valence-electron chi connectivity index (χ0n) is 10.5. The number of ketones is 1. The molecule has 0 saturated carbocycles. The third-order valence-corrected chi connectivity index (χ3v) is 3.20. The molecular formula is C12H19N3O2. The zero-order chi connectivity index (χ0) is 12.3. The molecule has 1 atom stereocenters. The maximum atomic E-state index is 11.0. The predicted molar refractivity (Wildman–Crippen MR) is 62.5 cm³/mol. The van der Waals surface area contributed by atoms with Crippen molar-refractivity contribution in [2.45, 2.75) is 45.6 Å². The Hall–Kier alpha value is -1.23. The van der Waals surface area contributed by atoms with Gasteiger partial charge in [-0.2, -0.15) is 4.98 Å². The fourth-order valence-corrected chi connectivity index (χ4v) is 2.35. The van der Waals surface area contributed by atoms with E-state index in [4.69, 9.17) is 4.52 Å². The van der Waals surface area contributed by atoms with Crippen molar-refractivity contribution in [3.63, 3.8) is 0 Å². The van der Waals surface area contributed by atoms with Gasteiger partial charge in [0.05, 0.1) is 12.5 Å². The van der Waals surface area contributed by atoms with Crippen molar-refractivity contribution in [3.05, 3.63) is 11.7 Å². The Morgan fingerprint density at radius 1 is 1.53 bits per heavy atom. The first-order valence-electron chi connectivity index (χ1n) is 6.26. The Kier molecular flexibility index (Phi) is 3.89. The highest BCUT2D eigenvalue weighted by atomic mass is 16.5. The molecule has 1 saturated heterocycles. The first-order chi connectivity index (χ1) is 8.20. The number of Topliss-reactive ketones (excluding diaryl/α,β-unsaturated/α-hetero) is 1. The number of piperidine rings is 1. The summed E-state index contributed by atoms with van der Waals surface area (Å²) >= 11 is 0. The molecule has 1 unspecified atom stereocenters. The molecule has 2 rings (SSSR count). The summed E-state index contributed by atoms with van der Waals surface area (Å²) in [5.41, 5.74) is 0. The van der Waals surface area contributed by atoms with E-state index < -0.39 is 0 Å². The van der Waals surface area contributed by atoms with Crippen LogP contribution in [-0.2, 0) is 11.2 Å². The summed E-state index contributed by atoms with van der Waals surface area (Å²) in [5.74, 6) is 1.24. The third kappa shape index (κ3) is 2.91. The number of aromatic nitrogens is 2. The van der Waals surface area contributed by atoms with Gasteiger partial charge in [-0.15, -0.1) is 0 Å². The summed E-state index contributed by atoms with van der Waals surface area (Å²) in [7, 11) is 0. The first kappa shape index (κ1) is 12.2. The summed E-state index contributed by atoms with van der Waals surface area (Å²) in [5, 5.41) is 3.87. The number of carbonyl (C=O) groups excluding carboxylic acids is 1. The minimum absolute atomic E-state index is 0.0633. The molecule has 0 bridgehead atoms. The number of carbonyl (C=O) groups is 1. The highest BCUT2D eigenvalue weighted by Gasteiger charge is 2.27. The topological polar surface area (TPSA) is 59.2 Å². The zero-order valence-corrected chi connectivity index (χ0v) is 10.5. The van der Waals surface area contributed by atoms with Crippen molar-refractivity contribution < 1.29 is 9.32 Å². The van der Waals surface area contributed by atoms with E-state index in [0.29, 0.717) is 11.7 Å². The Bertz CT molecular complexity index is 389. The molecule has 1 aliphatic heterocycles. The molecule has 0 radical (unpaired) electrons. The van der Waals surface area contributed by atoms with Crippen LogP contribution in [0.5, 0.6) is 0 Å². The molecule has 5 heteroatoms. The van der Waals surface area contributed by atoms with E-state index >= 15 is 0 Å². The Morgan fingerprint density at radius 3 is 3.06 bits per heavy atom. The summed E-state index contributed by atoms with van der Waals surface area (Å²) in [6.07, 6.45) is 3.77. The molecular weight excluding hydrogens is 218 g/mol. The molecule has 0 amide bonds. The van der Waals surface area contributed by atoms with Gasteiger partial charge in [-0.3, -0.25) is 9.69 Å². The molecule has 0 aromatic carbocycles. The third-order valence-electron chi connectivity index (χ3n) is 3.20. The molecule has 17 heavy (non-hydrogen) atoms. The second-order valence-corrected chi connectivity index (χ2v) is 4.57. The molecule has 1 aromatic heterocycles. The van der Waals surface area contributed by atoms with E-state index in [2.05, 4.69) is 22.0 Å². The van der Waals surface area contributed by atoms with Crippen molar-refractivity contribution in [1.29, 1.82) is 0 Å². The lowest BCUT2D eigenvalue weighted by Gasteiger charge is -2.32. The van der Waals surface area contributed by atoms with Crippen LogP contribution in [0.1, 0.15) is 50.9 Å². The van der Waals surface area contributed by atoms with Gasteiger partial charge in [0.1, 0.15) is 5.78 Å². The quantitative estimate of drug-likeness (QED) is 0.798. The standard InChI is InChI=1S/C12H19N3O2/c1-3-15-7-5-4-6-10(15)12-13-11(14-17-12)8-9(2)16/h10H,3-8H2,1-2H3. The molecule has 0 N–H and O–H groups in total. The minimum atomic E-state index is 0.0633. The highest BCUT2D eigenvalue weighted by Crippen LogP contribution is 2.29. The van der Waals surface area contributed by atoms with Gasteiger partial charge in [-0.05, 0) is 32.9 Å². The fraction of sp³-hybridized carbons (Fsp3) is 0.750. The van der Waals surface area contributed by atoms with Gasteiger partial charge in [0.15, 0.2) is 5.82 Å². The normalized spacial score (nSPS) is 21.6. The Labute approximate surface area is 101 Å². The average molecular weight is 237 g/mol. The van der Waals surface area contributed by atoms with Gasteiger partial charge >= 0.3 is 0 Å². The molecule has 5 nitrogen and oxygen atoms in total. The van der Waals surface area contributed by atoms with E-state index in [9.17, 15) is 4.79 Å². The largest absolute Gasteiger partial charge is 0.338 e. The lowest BCUT2D eigenvalue weighted by Crippen LogP contribution is -2.33. The smallest absolute Gasteiger partial charge is 0.244 e. The van der Waals surface area contributed by atoms with Crippen LogP contribution in [0.25, 0.3) is 0 Å². The van der Waals surface area contributed by atoms with Gasteiger partial charge in [0.25, 0.3) is 0 Å². The van der Waals surface area contributed by atoms with Crippen molar-refractivity contribution in [1.82, 2.24) is 15.0 Å². The maximum Gasteiger partial charge on any atom is 0.244 e. The maximum absolute atomic E-state index is 11.0. The summed E-state index contributed by atoms with van der Waals surface area (Å²) in [4.78, 5) is 17.7. The number of nitrogens with zero attached hydrogens (tertiary/aromatic N) is 3. The van der Waals surface area contributed by atoms with E-state index in [1.807, 2.05) is 0 Å². The first-order valence-corrected chi connectivity index (χ1v) is 6.26. The Balaban J connectivity index is 2.09. The Morgan fingerprint density at radius 2 is 2.35 bits per heavy atom. The van der Waals surface area contributed by atoms with Gasteiger partial charge < -0.3 is 4.52 Å². The monoisotopic (exact) mass is 237 g/mol. The molecule has 0 spiro atoms. The molecule has 1 fully saturated rings. The van der Waals surface area contributed by atoms with Crippen LogP contribution in [-0.4, -0.2) is 33.9 Å². The fourth-order valence-electron chi connectivity index (χ4n) is 2.35. The average Bonchev–Trinajstić information content (AvgIpc) is 2.76.